The molecule has 7 nitrogen and oxygen atoms in total. The maximum absolute atomic E-state index is 6.18. The lowest BCUT2D eigenvalue weighted by atomic mass is 10.3. The first-order valence-electron chi connectivity index (χ1n) is 7.75. The molecule has 3 heterocycles. The van der Waals surface area contributed by atoms with Crippen molar-refractivity contribution in [1.82, 2.24) is 19.9 Å². The van der Waals surface area contributed by atoms with E-state index in [1.807, 2.05) is 24.3 Å². The number of hydrogen-bond acceptors (Lipinski definition) is 8. The smallest absolute Gasteiger partial charge is 0.225 e. The highest BCUT2D eigenvalue weighted by molar-refractivity contribution is 7.99. The number of halogens is 1. The van der Waals surface area contributed by atoms with Gasteiger partial charge in [-0.1, -0.05) is 23.9 Å². The summed E-state index contributed by atoms with van der Waals surface area (Å²) in [5.74, 6) is 0.712. The molecule has 2 N–H and O–H groups in total. The van der Waals surface area contributed by atoms with E-state index in [0.717, 1.165) is 18.0 Å². The number of nitrogens with zero attached hydrogens (tertiary/aromatic N) is 5. The van der Waals surface area contributed by atoms with Crippen molar-refractivity contribution in [3.05, 3.63) is 35.9 Å². The number of ether oxygens (including phenoxy) is 1. The average Bonchev–Trinajstić information content (AvgIpc) is 2.64. The van der Waals surface area contributed by atoms with Gasteiger partial charge in [0.25, 0.3) is 0 Å². The van der Waals surface area contributed by atoms with Crippen LogP contribution in [-0.4, -0.2) is 46.2 Å². The van der Waals surface area contributed by atoms with Gasteiger partial charge in [-0.05, 0) is 23.7 Å². The van der Waals surface area contributed by atoms with Crippen LogP contribution in [0.15, 0.2) is 40.5 Å². The second-order valence-electron chi connectivity index (χ2n) is 5.43. The number of nitrogens with two attached hydrogens (primary N) is 1. The Morgan fingerprint density at radius 2 is 1.88 bits per heavy atom. The summed E-state index contributed by atoms with van der Waals surface area (Å²) in [4.78, 5) is 20.5. The Balaban J connectivity index is 1.81. The van der Waals surface area contributed by atoms with Gasteiger partial charge in [-0.15, -0.1) is 0 Å². The molecule has 1 fully saturated rings. The predicted octanol–water partition coefficient (Wildman–Crippen LogP) is 2.64. The Morgan fingerprint density at radius 1 is 1.08 bits per heavy atom. The average molecular weight is 375 g/mol. The third-order valence-corrected chi connectivity index (χ3v) is 5.09. The van der Waals surface area contributed by atoms with Crippen LogP contribution in [0.25, 0.3) is 11.0 Å². The Hall–Kier alpha value is -2.16. The zero-order valence-electron chi connectivity index (χ0n) is 13.2. The van der Waals surface area contributed by atoms with Crippen LogP contribution < -0.4 is 10.6 Å². The van der Waals surface area contributed by atoms with Gasteiger partial charge in [0.15, 0.2) is 5.82 Å². The first kappa shape index (κ1) is 16.3. The van der Waals surface area contributed by atoms with Crippen molar-refractivity contribution in [2.24, 2.45) is 0 Å². The summed E-state index contributed by atoms with van der Waals surface area (Å²) < 4.78 is 5.41. The van der Waals surface area contributed by atoms with Crippen LogP contribution in [0.5, 0.6) is 0 Å². The molecule has 2 aromatic heterocycles. The zero-order valence-corrected chi connectivity index (χ0v) is 14.8. The maximum atomic E-state index is 6.18. The molecule has 0 amide bonds. The molecule has 1 aromatic carbocycles. The molecular weight excluding hydrogens is 360 g/mol. The summed E-state index contributed by atoms with van der Waals surface area (Å²) in [6.45, 7) is 2.77. The Morgan fingerprint density at radius 3 is 2.68 bits per heavy atom. The minimum Gasteiger partial charge on any atom is -0.398 e. The minimum atomic E-state index is 0.173. The summed E-state index contributed by atoms with van der Waals surface area (Å²) in [6.07, 6.45) is 1.52. The number of fused-ring (bicyclic) bond motifs is 1. The first-order chi connectivity index (χ1) is 12.2. The Bertz CT molecular complexity index is 918. The summed E-state index contributed by atoms with van der Waals surface area (Å²) in [7, 11) is 0. The van der Waals surface area contributed by atoms with Gasteiger partial charge in [0.1, 0.15) is 22.4 Å². The van der Waals surface area contributed by atoms with Gasteiger partial charge in [0.2, 0.25) is 5.28 Å². The Labute approximate surface area is 153 Å². The number of aromatic nitrogens is 4. The van der Waals surface area contributed by atoms with Crippen LogP contribution in [0.2, 0.25) is 5.28 Å². The number of para-hydroxylation sites is 1. The second kappa shape index (κ2) is 6.99. The molecule has 0 atom stereocenters. The number of nitrogen functional groups attached to an aromatic ring is 1. The molecule has 0 radical (unpaired) electrons. The quantitative estimate of drug-likeness (QED) is 0.425. The predicted molar refractivity (Wildman–Crippen MR) is 98.1 cm³/mol. The summed E-state index contributed by atoms with van der Waals surface area (Å²) in [5.41, 5.74) is 8.03. The van der Waals surface area contributed by atoms with Crippen LogP contribution in [0.1, 0.15) is 0 Å². The number of hydrogen-bond donors (Lipinski definition) is 1. The van der Waals surface area contributed by atoms with Gasteiger partial charge in [0, 0.05) is 23.7 Å². The van der Waals surface area contributed by atoms with Gasteiger partial charge in [-0.25, -0.2) is 15.0 Å². The standard InChI is InChI=1S/C16H15ClN6OS/c17-16-21-13-12(14(22-16)23-5-7-24-8-6-23)19-9-20-15(13)25-11-4-2-1-3-10(11)18/h1-4,9H,5-8,18H2. The number of benzene rings is 1. The molecule has 4 rings (SSSR count). The molecule has 0 aliphatic carbocycles. The van der Waals surface area contributed by atoms with Crippen LogP contribution in [0, 0.1) is 0 Å². The molecule has 0 bridgehead atoms. The summed E-state index contributed by atoms with van der Waals surface area (Å²) in [5, 5.41) is 0.869. The molecule has 128 valence electrons. The van der Waals surface area contributed by atoms with Crippen molar-refractivity contribution in [1.29, 1.82) is 0 Å². The van der Waals surface area contributed by atoms with Gasteiger partial charge in [-0.3, -0.25) is 0 Å². The van der Waals surface area contributed by atoms with Crippen molar-refractivity contribution in [2.75, 3.05) is 36.9 Å². The molecule has 25 heavy (non-hydrogen) atoms. The van der Waals surface area contributed by atoms with E-state index in [2.05, 4.69) is 24.8 Å². The fraction of sp³-hybridized carbons (Fsp3) is 0.250. The molecule has 1 aliphatic rings. The molecule has 9 heteroatoms. The third-order valence-electron chi connectivity index (χ3n) is 3.84. The van der Waals surface area contributed by atoms with Crippen molar-refractivity contribution in [2.45, 2.75) is 9.92 Å². The van der Waals surface area contributed by atoms with E-state index < -0.39 is 0 Å². The van der Waals surface area contributed by atoms with Gasteiger partial charge in [0.05, 0.1) is 13.2 Å². The highest BCUT2D eigenvalue weighted by atomic mass is 35.5. The number of morpholine rings is 1. The van der Waals surface area contributed by atoms with E-state index in [0.29, 0.717) is 40.8 Å². The van der Waals surface area contributed by atoms with Crippen molar-refractivity contribution in [3.63, 3.8) is 0 Å². The molecule has 1 aliphatic heterocycles. The van der Waals surface area contributed by atoms with Crippen LogP contribution in [0.4, 0.5) is 11.5 Å². The molecular formula is C16H15ClN6OS. The van der Waals surface area contributed by atoms with Crippen LogP contribution >= 0.6 is 23.4 Å². The third kappa shape index (κ3) is 3.33. The van der Waals surface area contributed by atoms with Crippen molar-refractivity contribution >= 4 is 45.9 Å². The lowest BCUT2D eigenvalue weighted by molar-refractivity contribution is 0.122. The van der Waals surface area contributed by atoms with E-state index in [-0.39, 0.29) is 5.28 Å². The first-order valence-corrected chi connectivity index (χ1v) is 8.95. The molecule has 3 aromatic rings. The number of rotatable bonds is 3. The molecule has 1 saturated heterocycles. The van der Waals surface area contributed by atoms with Gasteiger partial charge < -0.3 is 15.4 Å². The fourth-order valence-corrected chi connectivity index (χ4v) is 3.68. The lowest BCUT2D eigenvalue weighted by Gasteiger charge is -2.28. The zero-order chi connectivity index (χ0) is 17.2. The topological polar surface area (TPSA) is 90.0 Å². The van der Waals surface area contributed by atoms with Crippen molar-refractivity contribution in [3.8, 4) is 0 Å². The largest absolute Gasteiger partial charge is 0.398 e. The van der Waals surface area contributed by atoms with Gasteiger partial charge in [-0.2, -0.15) is 4.98 Å². The van der Waals surface area contributed by atoms with E-state index in [9.17, 15) is 0 Å². The van der Waals surface area contributed by atoms with Crippen LogP contribution in [0.3, 0.4) is 0 Å². The highest BCUT2D eigenvalue weighted by Crippen LogP contribution is 2.35. The second-order valence-corrected chi connectivity index (χ2v) is 6.80. The SMILES string of the molecule is Nc1ccccc1Sc1ncnc2c(N3CCOCC3)nc(Cl)nc12. The summed E-state index contributed by atoms with van der Waals surface area (Å²) >= 11 is 7.62. The Kier molecular flexibility index (Phi) is 4.56. The van der Waals surface area contributed by atoms with E-state index in [1.54, 1.807) is 0 Å². The highest BCUT2D eigenvalue weighted by Gasteiger charge is 2.20. The van der Waals surface area contributed by atoms with Crippen LogP contribution in [-0.2, 0) is 4.74 Å². The number of anilines is 2. The molecule has 0 saturated carbocycles. The molecule has 0 unspecified atom stereocenters. The van der Waals surface area contributed by atoms with E-state index in [4.69, 9.17) is 22.1 Å². The minimum absolute atomic E-state index is 0.173. The van der Waals surface area contributed by atoms with Crippen molar-refractivity contribution < 1.29 is 4.74 Å². The fourth-order valence-electron chi connectivity index (χ4n) is 2.63. The summed E-state index contributed by atoms with van der Waals surface area (Å²) in [6, 6.07) is 7.63. The van der Waals surface area contributed by atoms with E-state index >= 15 is 0 Å². The monoisotopic (exact) mass is 374 g/mol. The normalized spacial score (nSPS) is 14.8. The lowest BCUT2D eigenvalue weighted by Crippen LogP contribution is -2.37. The van der Waals surface area contributed by atoms with Gasteiger partial charge >= 0.3 is 0 Å². The molecule has 0 spiro atoms. The maximum Gasteiger partial charge on any atom is 0.225 e. The van der Waals surface area contributed by atoms with E-state index in [1.165, 1.54) is 18.1 Å².